The normalized spacial score (nSPS) is 9.00. The number of hydrogen-bond acceptors (Lipinski definition) is 2. The zero-order chi connectivity index (χ0) is 10.2. The standard InChI is InChI=1S/C12H15NO/c1-2-3-4-8-14-12-7-5-6-11(9-12)10-13/h5-7,9H,2,8,10,13H2,1H3. The fourth-order valence-electron chi connectivity index (χ4n) is 1.06. The third-order valence-electron chi connectivity index (χ3n) is 1.75. The third-order valence-corrected chi connectivity index (χ3v) is 1.75. The minimum Gasteiger partial charge on any atom is -0.481 e. The lowest BCUT2D eigenvalue weighted by Crippen LogP contribution is -1.98. The maximum Gasteiger partial charge on any atom is 0.149 e. The van der Waals surface area contributed by atoms with Gasteiger partial charge in [-0.3, -0.25) is 0 Å². The molecule has 0 bridgehead atoms. The van der Waals surface area contributed by atoms with Crippen molar-refractivity contribution in [3.05, 3.63) is 29.8 Å². The molecule has 0 aliphatic heterocycles. The number of hydrogen-bond donors (Lipinski definition) is 1. The van der Waals surface area contributed by atoms with E-state index in [4.69, 9.17) is 10.5 Å². The van der Waals surface area contributed by atoms with Crippen LogP contribution in [0.5, 0.6) is 5.75 Å². The molecule has 0 fully saturated rings. The Balaban J connectivity index is 2.50. The van der Waals surface area contributed by atoms with Gasteiger partial charge in [-0.2, -0.15) is 0 Å². The summed E-state index contributed by atoms with van der Waals surface area (Å²) in [7, 11) is 0. The van der Waals surface area contributed by atoms with Crippen molar-refractivity contribution in [2.24, 2.45) is 5.73 Å². The highest BCUT2D eigenvalue weighted by Gasteiger charge is 1.93. The molecule has 0 aromatic heterocycles. The van der Waals surface area contributed by atoms with Crippen LogP contribution in [0.1, 0.15) is 18.9 Å². The first-order valence-corrected chi connectivity index (χ1v) is 4.74. The molecule has 2 nitrogen and oxygen atoms in total. The van der Waals surface area contributed by atoms with Crippen molar-refractivity contribution in [3.8, 4) is 17.6 Å². The van der Waals surface area contributed by atoms with Gasteiger partial charge in [-0.15, -0.1) is 5.92 Å². The van der Waals surface area contributed by atoms with E-state index in [-0.39, 0.29) is 0 Å². The summed E-state index contributed by atoms with van der Waals surface area (Å²) >= 11 is 0. The van der Waals surface area contributed by atoms with Gasteiger partial charge in [-0.05, 0) is 17.7 Å². The second-order valence-corrected chi connectivity index (χ2v) is 2.85. The van der Waals surface area contributed by atoms with Crippen molar-refractivity contribution >= 4 is 0 Å². The molecule has 0 spiro atoms. The quantitative estimate of drug-likeness (QED) is 0.737. The molecule has 1 aromatic rings. The Bertz CT molecular complexity index is 336. The SMILES string of the molecule is CCC#CCOc1cccc(CN)c1. The minimum atomic E-state index is 0.446. The summed E-state index contributed by atoms with van der Waals surface area (Å²) in [6.45, 7) is 3.00. The van der Waals surface area contributed by atoms with E-state index in [2.05, 4.69) is 11.8 Å². The summed E-state index contributed by atoms with van der Waals surface area (Å²) in [5, 5.41) is 0. The van der Waals surface area contributed by atoms with Crippen LogP contribution in [0.4, 0.5) is 0 Å². The van der Waals surface area contributed by atoms with Crippen LogP contribution in [-0.2, 0) is 6.54 Å². The zero-order valence-corrected chi connectivity index (χ0v) is 8.42. The lowest BCUT2D eigenvalue weighted by molar-refractivity contribution is 0.369. The van der Waals surface area contributed by atoms with Crippen LogP contribution >= 0.6 is 0 Å². The summed E-state index contributed by atoms with van der Waals surface area (Å²) < 4.78 is 5.42. The van der Waals surface area contributed by atoms with Crippen molar-refractivity contribution in [3.63, 3.8) is 0 Å². The lowest BCUT2D eigenvalue weighted by Gasteiger charge is -2.03. The third kappa shape index (κ3) is 3.51. The summed E-state index contributed by atoms with van der Waals surface area (Å²) in [6, 6.07) is 7.76. The van der Waals surface area contributed by atoms with E-state index in [1.54, 1.807) is 0 Å². The zero-order valence-electron chi connectivity index (χ0n) is 8.42. The lowest BCUT2D eigenvalue weighted by atomic mass is 10.2. The molecule has 2 heteroatoms. The van der Waals surface area contributed by atoms with E-state index in [9.17, 15) is 0 Å². The number of rotatable bonds is 3. The van der Waals surface area contributed by atoms with E-state index in [1.807, 2.05) is 31.2 Å². The Kier molecular flexibility index (Phi) is 4.60. The second-order valence-electron chi connectivity index (χ2n) is 2.85. The van der Waals surface area contributed by atoms with Gasteiger partial charge in [0.25, 0.3) is 0 Å². The molecule has 0 aliphatic rings. The van der Waals surface area contributed by atoms with E-state index in [0.717, 1.165) is 17.7 Å². The average molecular weight is 189 g/mol. The first-order valence-electron chi connectivity index (χ1n) is 4.74. The minimum absolute atomic E-state index is 0.446. The highest BCUT2D eigenvalue weighted by Crippen LogP contribution is 2.12. The van der Waals surface area contributed by atoms with Gasteiger partial charge >= 0.3 is 0 Å². The predicted molar refractivity (Wildman–Crippen MR) is 57.9 cm³/mol. The number of nitrogens with two attached hydrogens (primary N) is 1. The van der Waals surface area contributed by atoms with Gasteiger partial charge in [-0.1, -0.05) is 25.0 Å². The fraction of sp³-hybridized carbons (Fsp3) is 0.333. The summed E-state index contributed by atoms with van der Waals surface area (Å²) in [5.74, 6) is 6.70. The van der Waals surface area contributed by atoms with Crippen LogP contribution in [0.25, 0.3) is 0 Å². The molecule has 0 heterocycles. The first kappa shape index (κ1) is 10.6. The van der Waals surface area contributed by atoms with Gasteiger partial charge in [-0.25, -0.2) is 0 Å². The van der Waals surface area contributed by atoms with Gasteiger partial charge in [0.1, 0.15) is 12.4 Å². The van der Waals surface area contributed by atoms with Crippen molar-refractivity contribution in [1.82, 2.24) is 0 Å². The van der Waals surface area contributed by atoms with Gasteiger partial charge in [0.2, 0.25) is 0 Å². The van der Waals surface area contributed by atoms with E-state index >= 15 is 0 Å². The van der Waals surface area contributed by atoms with Crippen molar-refractivity contribution in [2.45, 2.75) is 19.9 Å². The van der Waals surface area contributed by atoms with E-state index in [1.165, 1.54) is 0 Å². The van der Waals surface area contributed by atoms with E-state index in [0.29, 0.717) is 13.2 Å². The highest BCUT2D eigenvalue weighted by atomic mass is 16.5. The summed E-state index contributed by atoms with van der Waals surface area (Å²) in [4.78, 5) is 0. The van der Waals surface area contributed by atoms with Crippen LogP contribution in [-0.4, -0.2) is 6.61 Å². The Labute approximate surface area is 85.1 Å². The maximum atomic E-state index is 5.51. The topological polar surface area (TPSA) is 35.2 Å². The molecule has 0 unspecified atom stereocenters. The fourth-order valence-corrected chi connectivity index (χ4v) is 1.06. The van der Waals surface area contributed by atoms with Gasteiger partial charge in [0, 0.05) is 13.0 Å². The van der Waals surface area contributed by atoms with Crippen molar-refractivity contribution in [1.29, 1.82) is 0 Å². The Morgan fingerprint density at radius 1 is 1.36 bits per heavy atom. The Hall–Kier alpha value is -1.46. The molecule has 1 aromatic carbocycles. The smallest absolute Gasteiger partial charge is 0.149 e. The molecule has 74 valence electrons. The van der Waals surface area contributed by atoms with Crippen LogP contribution in [0.2, 0.25) is 0 Å². The predicted octanol–water partition coefficient (Wildman–Crippen LogP) is 1.94. The average Bonchev–Trinajstić information content (AvgIpc) is 2.25. The van der Waals surface area contributed by atoms with Gasteiger partial charge in [0.05, 0.1) is 0 Å². The van der Waals surface area contributed by atoms with Crippen LogP contribution in [0, 0.1) is 11.8 Å². The van der Waals surface area contributed by atoms with Gasteiger partial charge in [0.15, 0.2) is 0 Å². The molecule has 0 aliphatic carbocycles. The van der Waals surface area contributed by atoms with Crippen molar-refractivity contribution in [2.75, 3.05) is 6.61 Å². The summed E-state index contributed by atoms with van der Waals surface area (Å²) in [6.07, 6.45) is 0.867. The van der Waals surface area contributed by atoms with E-state index < -0.39 is 0 Å². The Morgan fingerprint density at radius 2 is 2.21 bits per heavy atom. The molecular formula is C12H15NO. The highest BCUT2D eigenvalue weighted by molar-refractivity contribution is 5.28. The van der Waals surface area contributed by atoms with Crippen LogP contribution in [0.3, 0.4) is 0 Å². The molecule has 2 N–H and O–H groups in total. The van der Waals surface area contributed by atoms with Gasteiger partial charge < -0.3 is 10.5 Å². The largest absolute Gasteiger partial charge is 0.481 e. The molecular weight excluding hydrogens is 174 g/mol. The number of benzene rings is 1. The van der Waals surface area contributed by atoms with Crippen LogP contribution < -0.4 is 10.5 Å². The van der Waals surface area contributed by atoms with Crippen molar-refractivity contribution < 1.29 is 4.74 Å². The number of ether oxygens (including phenoxy) is 1. The van der Waals surface area contributed by atoms with Crippen LogP contribution in [0.15, 0.2) is 24.3 Å². The molecule has 14 heavy (non-hydrogen) atoms. The first-order chi connectivity index (χ1) is 6.86. The Morgan fingerprint density at radius 3 is 2.93 bits per heavy atom. The molecule has 0 saturated carbocycles. The monoisotopic (exact) mass is 189 g/mol. The summed E-state index contributed by atoms with van der Waals surface area (Å²) in [5.41, 5.74) is 6.59. The molecule has 0 amide bonds. The molecule has 0 atom stereocenters. The molecule has 0 saturated heterocycles. The molecule has 1 rings (SSSR count). The molecule has 0 radical (unpaired) electrons. The second kappa shape index (κ2) is 6.06. The maximum absolute atomic E-state index is 5.51.